The highest BCUT2D eigenvalue weighted by Crippen LogP contribution is 2.35. The van der Waals surface area contributed by atoms with E-state index in [9.17, 15) is 18.0 Å². The second kappa shape index (κ2) is 8.19. The number of carbonyl (C=O) groups excluding carboxylic acids is 1. The lowest BCUT2D eigenvalue weighted by Gasteiger charge is -2.42. The minimum absolute atomic E-state index is 0.0747. The summed E-state index contributed by atoms with van der Waals surface area (Å²) in [6.45, 7) is 5.43. The average molecular weight is 340 g/mol. The molecule has 2 atom stereocenters. The summed E-state index contributed by atoms with van der Waals surface area (Å²) in [5.41, 5.74) is -0.687. The molecule has 0 radical (unpaired) electrons. The number of alkyl carbamates (subject to hydrolysis) is 1. The molecule has 0 saturated carbocycles. The van der Waals surface area contributed by atoms with Crippen molar-refractivity contribution < 1.29 is 27.8 Å². The van der Waals surface area contributed by atoms with Crippen molar-refractivity contribution in [1.82, 2.24) is 10.2 Å². The number of amides is 1. The van der Waals surface area contributed by atoms with E-state index in [1.54, 1.807) is 20.8 Å². The third-order valence-electron chi connectivity index (χ3n) is 3.71. The van der Waals surface area contributed by atoms with Gasteiger partial charge in [-0.1, -0.05) is 0 Å². The van der Waals surface area contributed by atoms with Crippen molar-refractivity contribution >= 4 is 6.09 Å². The summed E-state index contributed by atoms with van der Waals surface area (Å²) in [6.07, 6.45) is -3.73. The predicted molar refractivity (Wildman–Crippen MR) is 80.1 cm³/mol. The first-order chi connectivity index (χ1) is 10.5. The molecule has 1 heterocycles. The van der Waals surface area contributed by atoms with Crippen molar-refractivity contribution in [3.8, 4) is 0 Å². The highest BCUT2D eigenvalue weighted by atomic mass is 19.4. The monoisotopic (exact) mass is 340 g/mol. The lowest BCUT2D eigenvalue weighted by molar-refractivity contribution is -0.205. The minimum atomic E-state index is -4.36. The quantitative estimate of drug-likeness (QED) is 0.807. The van der Waals surface area contributed by atoms with Gasteiger partial charge in [-0.05, 0) is 46.6 Å². The number of rotatable bonds is 5. The fourth-order valence-electron chi connectivity index (χ4n) is 2.89. The zero-order valence-corrected chi connectivity index (χ0v) is 13.9. The second-order valence-electron chi connectivity index (χ2n) is 6.88. The van der Waals surface area contributed by atoms with Crippen LogP contribution in [0, 0.1) is 5.92 Å². The molecule has 5 nitrogen and oxygen atoms in total. The normalized spacial score (nSPS) is 23.6. The largest absolute Gasteiger partial charge is 0.444 e. The van der Waals surface area contributed by atoms with Gasteiger partial charge < -0.3 is 15.2 Å². The van der Waals surface area contributed by atoms with Crippen molar-refractivity contribution in [3.05, 3.63) is 0 Å². The molecule has 0 unspecified atom stereocenters. The summed E-state index contributed by atoms with van der Waals surface area (Å²) in [5.74, 6) is -0.713. The first-order valence-corrected chi connectivity index (χ1v) is 7.93. The molecule has 1 aliphatic rings. The smallest absolute Gasteiger partial charge is 0.407 e. The van der Waals surface area contributed by atoms with Gasteiger partial charge in [-0.25, -0.2) is 4.79 Å². The van der Waals surface area contributed by atoms with Crippen LogP contribution in [0.15, 0.2) is 0 Å². The molecule has 0 spiro atoms. The fraction of sp³-hybridized carbons (Fsp3) is 0.933. The third-order valence-corrected chi connectivity index (χ3v) is 3.71. The van der Waals surface area contributed by atoms with Crippen LogP contribution in [-0.2, 0) is 4.74 Å². The number of nitrogens with zero attached hydrogens (tertiary/aromatic N) is 1. The molecule has 1 saturated heterocycles. The van der Waals surface area contributed by atoms with Gasteiger partial charge in [-0.3, -0.25) is 4.90 Å². The molecular formula is C15H27F3N2O3. The van der Waals surface area contributed by atoms with Crippen LogP contribution < -0.4 is 5.32 Å². The van der Waals surface area contributed by atoms with Crippen molar-refractivity contribution in [3.63, 3.8) is 0 Å². The maximum Gasteiger partial charge on any atom is 0.407 e. The number of hydrogen-bond acceptors (Lipinski definition) is 4. The molecule has 0 aromatic rings. The summed E-state index contributed by atoms with van der Waals surface area (Å²) < 4.78 is 45.3. The average Bonchev–Trinajstić information content (AvgIpc) is 2.39. The number of nitrogens with one attached hydrogen (secondary N) is 1. The topological polar surface area (TPSA) is 61.8 Å². The molecule has 23 heavy (non-hydrogen) atoms. The molecule has 2 N–H and O–H groups in total. The van der Waals surface area contributed by atoms with Crippen molar-refractivity contribution in [1.29, 1.82) is 0 Å². The van der Waals surface area contributed by atoms with Gasteiger partial charge >= 0.3 is 12.3 Å². The van der Waals surface area contributed by atoms with Gasteiger partial charge in [0.15, 0.2) is 0 Å². The van der Waals surface area contributed by atoms with E-state index < -0.39 is 29.8 Å². The zero-order chi connectivity index (χ0) is 17.7. The molecule has 0 aromatic carbocycles. The number of halogens is 3. The van der Waals surface area contributed by atoms with Gasteiger partial charge in [0.1, 0.15) is 11.6 Å². The van der Waals surface area contributed by atoms with E-state index >= 15 is 0 Å². The van der Waals surface area contributed by atoms with E-state index in [1.807, 2.05) is 0 Å². The summed E-state index contributed by atoms with van der Waals surface area (Å²) in [6, 6.07) is -1.60. The molecule has 0 aliphatic carbocycles. The van der Waals surface area contributed by atoms with Crippen LogP contribution in [0.1, 0.15) is 40.0 Å². The molecule has 1 aliphatic heterocycles. The Kier molecular flexibility index (Phi) is 7.13. The summed E-state index contributed by atoms with van der Waals surface area (Å²) in [5, 5.41) is 11.3. The number of aliphatic hydroxyl groups excluding tert-OH is 1. The van der Waals surface area contributed by atoms with Gasteiger partial charge in [-0.2, -0.15) is 13.2 Å². The SMILES string of the molecule is CC(C)(C)OC(=O)NC[C@@H]1CCCN(CCCO)[C@@H]1C(F)(F)F. The van der Waals surface area contributed by atoms with Crippen LogP contribution in [0.25, 0.3) is 0 Å². The summed E-state index contributed by atoms with van der Waals surface area (Å²) in [7, 11) is 0. The van der Waals surface area contributed by atoms with Gasteiger partial charge in [0.05, 0.1) is 0 Å². The first kappa shape index (κ1) is 20.0. The van der Waals surface area contributed by atoms with Crippen LogP contribution in [0.3, 0.4) is 0 Å². The van der Waals surface area contributed by atoms with Crippen LogP contribution >= 0.6 is 0 Å². The molecule has 1 amide bonds. The van der Waals surface area contributed by atoms with Crippen molar-refractivity contribution in [2.24, 2.45) is 5.92 Å². The standard InChI is InChI=1S/C15H27F3N2O3/c1-14(2,3)23-13(22)19-10-11-6-4-7-20(8-5-9-21)12(11)15(16,17)18/h11-12,21H,4-10H2,1-3H3,(H,19,22)/t11-,12-/m0/s1. The lowest BCUT2D eigenvalue weighted by atomic mass is 9.88. The Morgan fingerprint density at radius 2 is 2.00 bits per heavy atom. The Bertz CT molecular complexity index is 383. The molecule has 0 bridgehead atoms. The minimum Gasteiger partial charge on any atom is -0.444 e. The predicted octanol–water partition coefficient (Wildman–Crippen LogP) is 2.54. The number of alkyl halides is 3. The first-order valence-electron chi connectivity index (χ1n) is 7.93. The number of ether oxygens (including phenoxy) is 1. The number of likely N-dealkylation sites (tertiary alicyclic amines) is 1. The van der Waals surface area contributed by atoms with E-state index in [2.05, 4.69) is 5.32 Å². The lowest BCUT2D eigenvalue weighted by Crippen LogP contribution is -2.56. The zero-order valence-electron chi connectivity index (χ0n) is 13.9. The molecule has 0 aromatic heterocycles. The summed E-state index contributed by atoms with van der Waals surface area (Å²) in [4.78, 5) is 13.0. The van der Waals surface area contributed by atoms with E-state index in [0.717, 1.165) is 0 Å². The fourth-order valence-corrected chi connectivity index (χ4v) is 2.89. The molecular weight excluding hydrogens is 313 g/mol. The third kappa shape index (κ3) is 6.95. The maximum absolute atomic E-state index is 13.4. The van der Waals surface area contributed by atoms with Crippen LogP contribution in [0.2, 0.25) is 0 Å². The number of aliphatic hydroxyl groups is 1. The van der Waals surface area contributed by atoms with Gasteiger partial charge in [-0.15, -0.1) is 0 Å². The highest BCUT2D eigenvalue weighted by Gasteiger charge is 2.49. The molecule has 136 valence electrons. The van der Waals surface area contributed by atoms with Gasteiger partial charge in [0.2, 0.25) is 0 Å². The van der Waals surface area contributed by atoms with E-state index in [1.165, 1.54) is 4.90 Å². The van der Waals surface area contributed by atoms with Crippen LogP contribution in [0.4, 0.5) is 18.0 Å². The number of carbonyl (C=O) groups is 1. The van der Waals surface area contributed by atoms with E-state index in [0.29, 0.717) is 25.8 Å². The highest BCUT2D eigenvalue weighted by molar-refractivity contribution is 5.67. The van der Waals surface area contributed by atoms with E-state index in [4.69, 9.17) is 9.84 Å². The van der Waals surface area contributed by atoms with Gasteiger partial charge in [0.25, 0.3) is 0 Å². The Morgan fingerprint density at radius 3 is 2.52 bits per heavy atom. The molecule has 8 heteroatoms. The van der Waals surface area contributed by atoms with E-state index in [-0.39, 0.29) is 19.7 Å². The van der Waals surface area contributed by atoms with Crippen LogP contribution in [-0.4, -0.2) is 60.2 Å². The molecule has 1 fully saturated rings. The Hall–Kier alpha value is -1.02. The Morgan fingerprint density at radius 1 is 1.35 bits per heavy atom. The summed E-state index contributed by atoms with van der Waals surface area (Å²) >= 11 is 0. The van der Waals surface area contributed by atoms with Gasteiger partial charge in [0, 0.05) is 25.6 Å². The number of piperidine rings is 1. The van der Waals surface area contributed by atoms with Crippen LogP contribution in [0.5, 0.6) is 0 Å². The van der Waals surface area contributed by atoms with Crippen molar-refractivity contribution in [2.75, 3.05) is 26.2 Å². The Labute approximate surface area is 135 Å². The molecule has 1 rings (SSSR count). The Balaban J connectivity index is 2.68. The maximum atomic E-state index is 13.4. The number of hydrogen-bond donors (Lipinski definition) is 2. The second-order valence-corrected chi connectivity index (χ2v) is 6.88. The van der Waals surface area contributed by atoms with Crippen molar-refractivity contribution in [2.45, 2.75) is 57.9 Å².